The Labute approximate surface area is 178 Å². The van der Waals surface area contributed by atoms with Gasteiger partial charge in [0.15, 0.2) is 0 Å². The lowest BCUT2D eigenvalue weighted by molar-refractivity contribution is -0.138. The predicted molar refractivity (Wildman–Crippen MR) is 117 cm³/mol. The van der Waals surface area contributed by atoms with Crippen LogP contribution in [0.25, 0.3) is 22.3 Å². The quantitative estimate of drug-likeness (QED) is 0.322. The molecule has 0 saturated carbocycles. The van der Waals surface area contributed by atoms with E-state index in [1.807, 2.05) is 60.1 Å². The van der Waals surface area contributed by atoms with E-state index in [4.69, 9.17) is 15.1 Å². The molecule has 0 amide bonds. The van der Waals surface area contributed by atoms with Crippen molar-refractivity contribution < 1.29 is 9.53 Å². The van der Waals surface area contributed by atoms with Gasteiger partial charge < -0.3 is 4.74 Å². The number of hydrogen-bond donors (Lipinski definition) is 0. The van der Waals surface area contributed by atoms with Gasteiger partial charge >= 0.3 is 5.97 Å². The number of ether oxygens (including phenoxy) is 1. The van der Waals surface area contributed by atoms with E-state index in [0.717, 1.165) is 21.8 Å². The second-order valence-electron chi connectivity index (χ2n) is 6.40. The Morgan fingerprint density at radius 2 is 1.90 bits per heavy atom. The molecule has 2 aromatic carbocycles. The number of aromatic nitrogens is 2. The van der Waals surface area contributed by atoms with Crippen LogP contribution in [0.15, 0.2) is 84.4 Å². The van der Waals surface area contributed by atoms with E-state index >= 15 is 0 Å². The standard InChI is InChI=1S/C24H17N3O2S/c25-15-18-7-4-5-8-20(18)17-29-23(28)13-12-19-16-27(21-9-2-1-3-10-21)26-24(19)22-11-6-14-30-22/h1-14,16H,17H2. The summed E-state index contributed by atoms with van der Waals surface area (Å²) in [5, 5.41) is 15.8. The predicted octanol–water partition coefficient (Wildman–Crippen LogP) is 5.23. The number of thiophene rings is 1. The summed E-state index contributed by atoms with van der Waals surface area (Å²) >= 11 is 1.59. The van der Waals surface area contributed by atoms with Crippen LogP contribution in [0.3, 0.4) is 0 Å². The summed E-state index contributed by atoms with van der Waals surface area (Å²) in [6.07, 6.45) is 4.98. The fourth-order valence-electron chi connectivity index (χ4n) is 2.94. The molecule has 4 rings (SSSR count). The Morgan fingerprint density at radius 3 is 2.67 bits per heavy atom. The highest BCUT2D eigenvalue weighted by molar-refractivity contribution is 7.13. The number of para-hydroxylation sites is 1. The number of nitrogens with zero attached hydrogens (tertiary/aromatic N) is 3. The molecule has 0 spiro atoms. The summed E-state index contributed by atoms with van der Waals surface area (Å²) in [4.78, 5) is 13.3. The van der Waals surface area contributed by atoms with Crippen LogP contribution in [0.5, 0.6) is 0 Å². The van der Waals surface area contributed by atoms with Crippen molar-refractivity contribution in [1.82, 2.24) is 9.78 Å². The van der Waals surface area contributed by atoms with Crippen LogP contribution < -0.4 is 0 Å². The lowest BCUT2D eigenvalue weighted by atomic mass is 10.1. The van der Waals surface area contributed by atoms with Gasteiger partial charge in [0.05, 0.1) is 22.2 Å². The Bertz CT molecular complexity index is 1220. The van der Waals surface area contributed by atoms with Gasteiger partial charge in [0.25, 0.3) is 0 Å². The van der Waals surface area contributed by atoms with Crippen molar-refractivity contribution >= 4 is 23.4 Å². The minimum Gasteiger partial charge on any atom is -0.458 e. The number of carbonyl (C=O) groups excluding carboxylic acids is 1. The molecule has 30 heavy (non-hydrogen) atoms. The maximum atomic E-state index is 12.2. The van der Waals surface area contributed by atoms with Gasteiger partial charge in [0.2, 0.25) is 0 Å². The molecule has 2 heterocycles. The molecule has 0 aliphatic heterocycles. The molecule has 0 fully saturated rings. The molecule has 6 heteroatoms. The summed E-state index contributed by atoms with van der Waals surface area (Å²) in [6, 6.07) is 22.9. The zero-order valence-electron chi connectivity index (χ0n) is 15.9. The largest absolute Gasteiger partial charge is 0.458 e. The van der Waals surface area contributed by atoms with Crippen LogP contribution in [0, 0.1) is 11.3 Å². The third kappa shape index (κ3) is 4.37. The molecule has 0 bridgehead atoms. The Hall–Kier alpha value is -3.95. The van der Waals surface area contributed by atoms with Crippen molar-refractivity contribution in [3.63, 3.8) is 0 Å². The van der Waals surface area contributed by atoms with Gasteiger partial charge in [-0.25, -0.2) is 9.48 Å². The normalized spacial score (nSPS) is 10.8. The highest BCUT2D eigenvalue weighted by atomic mass is 32.1. The first-order valence-corrected chi connectivity index (χ1v) is 10.1. The molecule has 4 aromatic rings. The van der Waals surface area contributed by atoms with E-state index in [-0.39, 0.29) is 6.61 Å². The number of nitriles is 1. The number of carbonyl (C=O) groups is 1. The van der Waals surface area contributed by atoms with Gasteiger partial charge in [-0.3, -0.25) is 0 Å². The first kappa shape index (κ1) is 19.4. The molecule has 0 N–H and O–H groups in total. The fourth-order valence-corrected chi connectivity index (χ4v) is 3.67. The Morgan fingerprint density at radius 1 is 1.10 bits per heavy atom. The topological polar surface area (TPSA) is 67.9 Å². The van der Waals surface area contributed by atoms with Crippen LogP contribution in [0.1, 0.15) is 16.7 Å². The van der Waals surface area contributed by atoms with Crippen LogP contribution in [-0.2, 0) is 16.1 Å². The van der Waals surface area contributed by atoms with Crippen molar-refractivity contribution in [2.24, 2.45) is 0 Å². The van der Waals surface area contributed by atoms with Gasteiger partial charge in [0.1, 0.15) is 12.3 Å². The van der Waals surface area contributed by atoms with Crippen molar-refractivity contribution in [2.45, 2.75) is 6.61 Å². The molecular formula is C24H17N3O2S. The smallest absolute Gasteiger partial charge is 0.331 e. The molecule has 0 atom stereocenters. The number of esters is 1. The lowest BCUT2D eigenvalue weighted by Crippen LogP contribution is -2.02. The molecule has 2 aromatic heterocycles. The average Bonchev–Trinajstić information content (AvgIpc) is 3.47. The molecule has 146 valence electrons. The summed E-state index contributed by atoms with van der Waals surface area (Å²) in [7, 11) is 0. The summed E-state index contributed by atoms with van der Waals surface area (Å²) in [6.45, 7) is 0.0496. The number of hydrogen-bond acceptors (Lipinski definition) is 5. The zero-order valence-corrected chi connectivity index (χ0v) is 16.8. The molecule has 5 nitrogen and oxygen atoms in total. The Balaban J connectivity index is 1.54. The van der Waals surface area contributed by atoms with Crippen molar-refractivity contribution in [3.8, 4) is 22.3 Å². The summed E-state index contributed by atoms with van der Waals surface area (Å²) < 4.78 is 7.11. The van der Waals surface area contributed by atoms with E-state index in [0.29, 0.717) is 11.1 Å². The number of rotatable bonds is 6. The second kappa shape index (κ2) is 9.03. The maximum absolute atomic E-state index is 12.2. The lowest BCUT2D eigenvalue weighted by Gasteiger charge is -2.03. The average molecular weight is 411 g/mol. The minimum absolute atomic E-state index is 0.0496. The first-order valence-electron chi connectivity index (χ1n) is 9.26. The SMILES string of the molecule is N#Cc1ccccc1COC(=O)C=Cc1cn(-c2ccccc2)nc1-c1cccs1. The molecule has 0 aliphatic carbocycles. The Kier molecular flexibility index (Phi) is 5.83. The van der Waals surface area contributed by atoms with E-state index in [1.165, 1.54) is 6.08 Å². The molecule has 0 saturated heterocycles. The van der Waals surface area contributed by atoms with Gasteiger partial charge in [-0.05, 0) is 35.7 Å². The molecular weight excluding hydrogens is 394 g/mol. The van der Waals surface area contributed by atoms with E-state index < -0.39 is 5.97 Å². The van der Waals surface area contributed by atoms with Crippen LogP contribution in [0.2, 0.25) is 0 Å². The molecule has 0 aliphatic rings. The van der Waals surface area contributed by atoms with Crippen molar-refractivity contribution in [3.05, 3.63) is 101 Å². The van der Waals surface area contributed by atoms with Crippen molar-refractivity contribution in [2.75, 3.05) is 0 Å². The zero-order chi connectivity index (χ0) is 20.8. The fraction of sp³-hybridized carbons (Fsp3) is 0.0417. The number of benzene rings is 2. The van der Waals surface area contributed by atoms with E-state index in [2.05, 4.69) is 6.07 Å². The second-order valence-corrected chi connectivity index (χ2v) is 7.35. The monoisotopic (exact) mass is 411 g/mol. The maximum Gasteiger partial charge on any atom is 0.331 e. The first-order chi connectivity index (χ1) is 14.7. The molecule has 0 unspecified atom stereocenters. The summed E-state index contributed by atoms with van der Waals surface area (Å²) in [5.74, 6) is -0.479. The van der Waals surface area contributed by atoms with Crippen LogP contribution in [0.4, 0.5) is 0 Å². The van der Waals surface area contributed by atoms with E-state index in [1.54, 1.807) is 40.3 Å². The van der Waals surface area contributed by atoms with E-state index in [9.17, 15) is 4.79 Å². The van der Waals surface area contributed by atoms with Gasteiger partial charge in [-0.2, -0.15) is 10.4 Å². The minimum atomic E-state index is -0.479. The summed E-state index contributed by atoms with van der Waals surface area (Å²) in [5.41, 5.74) is 3.73. The van der Waals surface area contributed by atoms with Crippen molar-refractivity contribution in [1.29, 1.82) is 5.26 Å². The van der Waals surface area contributed by atoms with Gasteiger partial charge in [-0.1, -0.05) is 42.5 Å². The van der Waals surface area contributed by atoms with Gasteiger partial charge in [-0.15, -0.1) is 11.3 Å². The van der Waals surface area contributed by atoms with Crippen LogP contribution >= 0.6 is 11.3 Å². The highest BCUT2D eigenvalue weighted by Crippen LogP contribution is 2.28. The highest BCUT2D eigenvalue weighted by Gasteiger charge is 2.12. The third-order valence-electron chi connectivity index (χ3n) is 4.42. The van der Waals surface area contributed by atoms with Gasteiger partial charge in [0, 0.05) is 23.4 Å². The third-order valence-corrected chi connectivity index (χ3v) is 5.30. The van der Waals surface area contributed by atoms with Crippen LogP contribution in [-0.4, -0.2) is 15.7 Å². The molecule has 0 radical (unpaired) electrons.